The van der Waals surface area contributed by atoms with Gasteiger partial charge in [0.1, 0.15) is 6.29 Å². The highest BCUT2D eigenvalue weighted by Crippen LogP contribution is 2.28. The number of carbonyl (C=O) groups excluding carboxylic acids is 1. The minimum absolute atomic E-state index is 0.679. The first-order chi connectivity index (χ1) is 13.5. The van der Waals surface area contributed by atoms with Gasteiger partial charge in [0.2, 0.25) is 0 Å². The van der Waals surface area contributed by atoms with E-state index in [0.717, 1.165) is 41.2 Å². The number of aromatic nitrogens is 1. The molecule has 2 aromatic carbocycles. The van der Waals surface area contributed by atoms with Crippen LogP contribution in [0.15, 0.2) is 46.8 Å². The van der Waals surface area contributed by atoms with Crippen molar-refractivity contribution in [2.45, 2.75) is 27.2 Å². The molecule has 0 atom stereocenters. The molecule has 0 fully saturated rings. The number of carbonyl (C=O) groups is 1. The zero-order valence-electron chi connectivity index (χ0n) is 16.8. The van der Waals surface area contributed by atoms with Gasteiger partial charge in [0.15, 0.2) is 0 Å². The van der Waals surface area contributed by atoms with Crippen LogP contribution in [-0.4, -0.2) is 36.1 Å². The van der Waals surface area contributed by atoms with E-state index in [0.29, 0.717) is 5.56 Å². The molecule has 0 aliphatic rings. The molecule has 0 spiro atoms. The minimum atomic E-state index is 0.679. The summed E-state index contributed by atoms with van der Waals surface area (Å²) in [5, 5.41) is 3.16. The van der Waals surface area contributed by atoms with Crippen LogP contribution in [0.4, 0.5) is 5.69 Å². The number of aryl methyl sites for hydroxylation is 2. The molecular formula is C23H25N3OS. The maximum absolute atomic E-state index is 10.8. The quantitative estimate of drug-likeness (QED) is 0.306. The molecule has 0 aliphatic heterocycles. The Morgan fingerprint density at radius 2 is 1.89 bits per heavy atom. The van der Waals surface area contributed by atoms with Gasteiger partial charge in [-0.05, 0) is 43.5 Å². The van der Waals surface area contributed by atoms with Crippen molar-refractivity contribution in [3.05, 3.63) is 69.0 Å². The summed E-state index contributed by atoms with van der Waals surface area (Å²) in [6.45, 7) is 7.27. The van der Waals surface area contributed by atoms with E-state index in [9.17, 15) is 4.79 Å². The molecule has 3 aromatic rings. The summed E-state index contributed by atoms with van der Waals surface area (Å²) in [5.74, 6) is 0. The average molecular weight is 392 g/mol. The first kappa shape index (κ1) is 20.0. The molecule has 1 aromatic heterocycles. The van der Waals surface area contributed by atoms with E-state index < -0.39 is 0 Å². The fourth-order valence-corrected chi connectivity index (χ4v) is 3.68. The zero-order valence-corrected chi connectivity index (χ0v) is 17.6. The van der Waals surface area contributed by atoms with E-state index in [4.69, 9.17) is 4.98 Å². The van der Waals surface area contributed by atoms with E-state index >= 15 is 0 Å². The number of rotatable bonds is 7. The van der Waals surface area contributed by atoms with Crippen LogP contribution >= 0.6 is 11.3 Å². The standard InChI is InChI=1S/C23H25N3OS/c1-5-26(4)15-24-21-11-16(2)20(10-17(21)3)12-23-25-22(14-28-23)19-8-6-18(13-27)7-9-19/h6-11,13-15H,5,12H2,1-4H3. The van der Waals surface area contributed by atoms with E-state index in [1.807, 2.05) is 37.7 Å². The highest BCUT2D eigenvalue weighted by atomic mass is 32.1. The Morgan fingerprint density at radius 1 is 1.14 bits per heavy atom. The summed E-state index contributed by atoms with van der Waals surface area (Å²) in [6.07, 6.45) is 3.54. The first-order valence-electron chi connectivity index (χ1n) is 9.34. The van der Waals surface area contributed by atoms with Crippen molar-refractivity contribution in [1.82, 2.24) is 9.88 Å². The molecule has 28 heavy (non-hydrogen) atoms. The number of benzene rings is 2. The van der Waals surface area contributed by atoms with Crippen LogP contribution in [0.3, 0.4) is 0 Å². The second kappa shape index (κ2) is 8.93. The second-order valence-corrected chi connectivity index (χ2v) is 7.87. The third kappa shape index (κ3) is 4.73. The predicted molar refractivity (Wildman–Crippen MR) is 118 cm³/mol. The first-order valence-corrected chi connectivity index (χ1v) is 10.2. The molecule has 0 saturated carbocycles. The maximum atomic E-state index is 10.8. The van der Waals surface area contributed by atoms with Gasteiger partial charge in [-0.2, -0.15) is 0 Å². The van der Waals surface area contributed by atoms with Gasteiger partial charge < -0.3 is 4.90 Å². The molecule has 0 saturated heterocycles. The lowest BCUT2D eigenvalue weighted by Crippen LogP contribution is -2.14. The molecule has 0 radical (unpaired) electrons. The van der Waals surface area contributed by atoms with Crippen LogP contribution in [0.25, 0.3) is 11.3 Å². The summed E-state index contributed by atoms with van der Waals surface area (Å²) < 4.78 is 0. The van der Waals surface area contributed by atoms with Crippen LogP contribution in [-0.2, 0) is 6.42 Å². The lowest BCUT2D eigenvalue weighted by Gasteiger charge is -2.11. The van der Waals surface area contributed by atoms with Crippen molar-refractivity contribution < 1.29 is 4.79 Å². The van der Waals surface area contributed by atoms with Crippen molar-refractivity contribution in [3.8, 4) is 11.3 Å². The van der Waals surface area contributed by atoms with Crippen molar-refractivity contribution in [2.75, 3.05) is 13.6 Å². The van der Waals surface area contributed by atoms with E-state index in [-0.39, 0.29) is 0 Å². The predicted octanol–water partition coefficient (Wildman–Crippen LogP) is 5.44. The third-order valence-electron chi connectivity index (χ3n) is 4.78. The monoisotopic (exact) mass is 391 g/mol. The van der Waals surface area contributed by atoms with Crippen molar-refractivity contribution in [1.29, 1.82) is 0 Å². The molecule has 0 amide bonds. The maximum Gasteiger partial charge on any atom is 0.150 e. The average Bonchev–Trinajstić information content (AvgIpc) is 3.17. The summed E-state index contributed by atoms with van der Waals surface area (Å²) in [6, 6.07) is 11.9. The highest BCUT2D eigenvalue weighted by Gasteiger charge is 2.09. The van der Waals surface area contributed by atoms with Crippen LogP contribution in [0.2, 0.25) is 0 Å². The van der Waals surface area contributed by atoms with Crippen LogP contribution in [0, 0.1) is 13.8 Å². The lowest BCUT2D eigenvalue weighted by molar-refractivity contribution is 0.112. The van der Waals surface area contributed by atoms with Gasteiger partial charge in [-0.1, -0.05) is 30.3 Å². The summed E-state index contributed by atoms with van der Waals surface area (Å²) in [7, 11) is 2.02. The third-order valence-corrected chi connectivity index (χ3v) is 5.63. The Hall–Kier alpha value is -2.79. The molecule has 0 unspecified atom stereocenters. The molecule has 5 heteroatoms. The fourth-order valence-electron chi connectivity index (χ4n) is 2.85. The fraction of sp³-hybridized carbons (Fsp3) is 0.261. The van der Waals surface area contributed by atoms with Gasteiger partial charge in [0, 0.05) is 36.5 Å². The molecule has 3 rings (SSSR count). The number of aldehydes is 1. The SMILES string of the molecule is CCN(C)C=Nc1cc(C)c(Cc2nc(-c3ccc(C=O)cc3)cs2)cc1C. The number of aliphatic imine (C=N–C) groups is 1. The number of thiazole rings is 1. The minimum Gasteiger partial charge on any atom is -0.366 e. The largest absolute Gasteiger partial charge is 0.366 e. The molecule has 144 valence electrons. The lowest BCUT2D eigenvalue weighted by atomic mass is 10.0. The van der Waals surface area contributed by atoms with Gasteiger partial charge in [-0.25, -0.2) is 9.98 Å². The number of hydrogen-bond acceptors (Lipinski definition) is 4. The smallest absolute Gasteiger partial charge is 0.150 e. The molecule has 1 heterocycles. The topological polar surface area (TPSA) is 45.6 Å². The van der Waals surface area contributed by atoms with Crippen molar-refractivity contribution >= 4 is 29.6 Å². The van der Waals surface area contributed by atoms with Crippen molar-refractivity contribution in [3.63, 3.8) is 0 Å². The van der Waals surface area contributed by atoms with Gasteiger partial charge >= 0.3 is 0 Å². The summed E-state index contributed by atoms with van der Waals surface area (Å²) >= 11 is 1.67. The summed E-state index contributed by atoms with van der Waals surface area (Å²) in [5.41, 5.74) is 7.35. The Balaban J connectivity index is 1.78. The van der Waals surface area contributed by atoms with Crippen LogP contribution < -0.4 is 0 Å². The molecular weight excluding hydrogens is 366 g/mol. The Labute approximate surface area is 170 Å². The number of nitrogens with zero attached hydrogens (tertiary/aromatic N) is 3. The molecule has 0 aliphatic carbocycles. The van der Waals surface area contributed by atoms with Crippen LogP contribution in [0.5, 0.6) is 0 Å². The molecule has 4 nitrogen and oxygen atoms in total. The molecule has 0 N–H and O–H groups in total. The van der Waals surface area contributed by atoms with Crippen LogP contribution in [0.1, 0.15) is 39.0 Å². The van der Waals surface area contributed by atoms with Gasteiger partial charge in [-0.3, -0.25) is 4.79 Å². The van der Waals surface area contributed by atoms with E-state index in [1.54, 1.807) is 11.3 Å². The van der Waals surface area contributed by atoms with Gasteiger partial charge in [0.05, 0.1) is 22.7 Å². The second-order valence-electron chi connectivity index (χ2n) is 6.93. The Kier molecular flexibility index (Phi) is 6.37. The van der Waals surface area contributed by atoms with Gasteiger partial charge in [-0.15, -0.1) is 11.3 Å². The normalized spacial score (nSPS) is 11.1. The Bertz CT molecular complexity index is 990. The van der Waals surface area contributed by atoms with Gasteiger partial charge in [0.25, 0.3) is 0 Å². The highest BCUT2D eigenvalue weighted by molar-refractivity contribution is 7.10. The number of hydrogen-bond donors (Lipinski definition) is 0. The van der Waals surface area contributed by atoms with E-state index in [1.165, 1.54) is 16.7 Å². The molecule has 0 bridgehead atoms. The van der Waals surface area contributed by atoms with Crippen molar-refractivity contribution in [2.24, 2.45) is 4.99 Å². The summed E-state index contributed by atoms with van der Waals surface area (Å²) in [4.78, 5) is 22.3. The van der Waals surface area contributed by atoms with E-state index in [2.05, 4.69) is 48.2 Å². The Morgan fingerprint density at radius 3 is 2.57 bits per heavy atom. The zero-order chi connectivity index (χ0) is 20.1.